The zero-order valence-corrected chi connectivity index (χ0v) is 14.5. The molecule has 0 unspecified atom stereocenters. The predicted molar refractivity (Wildman–Crippen MR) is 94.1 cm³/mol. The van der Waals surface area contributed by atoms with Gasteiger partial charge in [-0.25, -0.2) is 9.78 Å². The van der Waals surface area contributed by atoms with Crippen LogP contribution in [-0.4, -0.2) is 35.8 Å². The largest absolute Gasteiger partial charge is 0.478 e. The highest BCUT2D eigenvalue weighted by Crippen LogP contribution is 2.35. The van der Waals surface area contributed by atoms with Gasteiger partial charge in [0, 0.05) is 12.4 Å². The second-order valence-electron chi connectivity index (χ2n) is 5.59. The van der Waals surface area contributed by atoms with Gasteiger partial charge in [0.15, 0.2) is 0 Å². The van der Waals surface area contributed by atoms with Crippen molar-refractivity contribution in [2.24, 2.45) is 0 Å². The maximum atomic E-state index is 11.8. The first-order chi connectivity index (χ1) is 12.2. The maximum Gasteiger partial charge on any atom is 0.356 e. The van der Waals surface area contributed by atoms with Gasteiger partial charge in [0.05, 0.1) is 33.6 Å². The average Bonchev–Trinajstić information content (AvgIpc) is 2.60. The van der Waals surface area contributed by atoms with Crippen LogP contribution in [0.25, 0.3) is 22.8 Å². The van der Waals surface area contributed by atoms with Crippen molar-refractivity contribution < 1.29 is 24.3 Å². The molecule has 0 atom stereocenters. The summed E-state index contributed by atoms with van der Waals surface area (Å²) in [6.45, 7) is 1.86. The molecule has 3 N–H and O–H groups in total. The Kier molecular flexibility index (Phi) is 4.65. The highest BCUT2D eigenvalue weighted by Gasteiger charge is 2.21. The molecule has 0 fully saturated rings. The fourth-order valence-corrected chi connectivity index (χ4v) is 2.91. The van der Waals surface area contributed by atoms with Crippen LogP contribution in [0.1, 0.15) is 15.9 Å². The number of aromatic carboxylic acids is 1. The standard InChI is InChI=1S/C17H14N3O5P/c1-10-2-4-18-13(6-10)15-8-12(26(23,24)25)9-16(20-15)14-7-11(17(21)22)3-5-19-14/h2-9H,1H3,(H,21,22)(H2,23,24,25). The molecular weight excluding hydrogens is 357 g/mol. The SMILES string of the molecule is Cc1ccnc(-c2cc(P(=O)(O)O)cc(-c3cc(C(=O)O)ccn3)n2)c1. The van der Waals surface area contributed by atoms with Crippen LogP contribution in [0.15, 0.2) is 48.8 Å². The number of nitrogens with zero attached hydrogens (tertiary/aromatic N) is 3. The summed E-state index contributed by atoms with van der Waals surface area (Å²) in [6.07, 6.45) is 2.87. The van der Waals surface area contributed by atoms with E-state index in [-0.39, 0.29) is 27.9 Å². The number of carbonyl (C=O) groups is 1. The molecule has 26 heavy (non-hydrogen) atoms. The Morgan fingerprint density at radius 3 is 2.04 bits per heavy atom. The molecule has 0 aliphatic rings. The molecule has 0 aliphatic heterocycles. The number of aryl methyl sites for hydroxylation is 1. The van der Waals surface area contributed by atoms with Gasteiger partial charge in [-0.05, 0) is 48.9 Å². The highest BCUT2D eigenvalue weighted by atomic mass is 31.2. The van der Waals surface area contributed by atoms with Crippen molar-refractivity contribution in [1.82, 2.24) is 15.0 Å². The molecule has 3 heterocycles. The van der Waals surface area contributed by atoms with E-state index in [1.165, 1.54) is 30.5 Å². The fraction of sp³-hybridized carbons (Fsp3) is 0.0588. The lowest BCUT2D eigenvalue weighted by Crippen LogP contribution is -2.08. The number of aromatic nitrogens is 3. The first-order valence-electron chi connectivity index (χ1n) is 7.45. The molecule has 0 bridgehead atoms. The lowest BCUT2D eigenvalue weighted by atomic mass is 10.1. The molecule has 8 nitrogen and oxygen atoms in total. The maximum absolute atomic E-state index is 11.8. The van der Waals surface area contributed by atoms with Crippen molar-refractivity contribution >= 4 is 18.9 Å². The van der Waals surface area contributed by atoms with Crippen molar-refractivity contribution in [3.63, 3.8) is 0 Å². The van der Waals surface area contributed by atoms with Crippen LogP contribution in [0.2, 0.25) is 0 Å². The summed E-state index contributed by atoms with van der Waals surface area (Å²) in [4.78, 5) is 42.9. The Hall–Kier alpha value is -2.93. The number of carboxylic acids is 1. The van der Waals surface area contributed by atoms with E-state index in [0.717, 1.165) is 5.56 Å². The second-order valence-corrected chi connectivity index (χ2v) is 7.20. The Morgan fingerprint density at radius 1 is 0.923 bits per heavy atom. The van der Waals surface area contributed by atoms with Crippen LogP contribution in [-0.2, 0) is 4.57 Å². The third-order valence-electron chi connectivity index (χ3n) is 3.59. The van der Waals surface area contributed by atoms with E-state index in [9.17, 15) is 19.1 Å². The number of carboxylic acid groups (broad SMARTS) is 1. The predicted octanol–water partition coefficient (Wildman–Crippen LogP) is 2.02. The van der Waals surface area contributed by atoms with Gasteiger partial charge in [-0.1, -0.05) is 0 Å². The van der Waals surface area contributed by atoms with E-state index in [4.69, 9.17) is 5.11 Å². The van der Waals surface area contributed by atoms with Crippen molar-refractivity contribution in [3.8, 4) is 22.8 Å². The molecule has 3 aromatic heterocycles. The van der Waals surface area contributed by atoms with Gasteiger partial charge in [0.1, 0.15) is 0 Å². The molecule has 0 saturated carbocycles. The van der Waals surface area contributed by atoms with E-state index in [0.29, 0.717) is 5.69 Å². The molecule has 0 amide bonds. The molecule has 3 aromatic rings. The Labute approximate surface area is 148 Å². The van der Waals surface area contributed by atoms with Crippen LogP contribution < -0.4 is 5.30 Å². The summed E-state index contributed by atoms with van der Waals surface area (Å²) >= 11 is 0. The summed E-state index contributed by atoms with van der Waals surface area (Å²) in [6, 6.07) is 8.61. The minimum atomic E-state index is -4.57. The fourth-order valence-electron chi connectivity index (χ4n) is 2.33. The first kappa shape index (κ1) is 17.9. The Bertz CT molecular complexity index is 1050. The van der Waals surface area contributed by atoms with Crippen molar-refractivity contribution in [2.45, 2.75) is 6.92 Å². The third-order valence-corrected chi connectivity index (χ3v) is 4.52. The zero-order chi connectivity index (χ0) is 18.9. The van der Waals surface area contributed by atoms with Crippen molar-refractivity contribution in [1.29, 1.82) is 0 Å². The normalized spacial score (nSPS) is 11.3. The topological polar surface area (TPSA) is 134 Å². The van der Waals surface area contributed by atoms with Crippen LogP contribution in [0.4, 0.5) is 0 Å². The molecule has 9 heteroatoms. The van der Waals surface area contributed by atoms with Gasteiger partial charge < -0.3 is 14.9 Å². The molecule has 0 aliphatic carbocycles. The molecule has 0 saturated heterocycles. The van der Waals surface area contributed by atoms with E-state index < -0.39 is 13.6 Å². The summed E-state index contributed by atoms with van der Waals surface area (Å²) in [5.41, 5.74) is 1.93. The molecule has 0 radical (unpaired) electrons. The van der Waals surface area contributed by atoms with Gasteiger partial charge in [-0.2, -0.15) is 0 Å². The Balaban J connectivity index is 2.22. The third kappa shape index (κ3) is 3.83. The zero-order valence-electron chi connectivity index (χ0n) is 13.6. The summed E-state index contributed by atoms with van der Waals surface area (Å²) in [5.74, 6) is -1.14. The monoisotopic (exact) mass is 371 g/mol. The van der Waals surface area contributed by atoms with E-state index in [1.807, 2.05) is 6.92 Å². The molecule has 0 aromatic carbocycles. The smallest absolute Gasteiger partial charge is 0.356 e. The lowest BCUT2D eigenvalue weighted by molar-refractivity contribution is 0.0696. The summed E-state index contributed by atoms with van der Waals surface area (Å²) in [5, 5.41) is 8.87. The van der Waals surface area contributed by atoms with Crippen molar-refractivity contribution in [2.75, 3.05) is 0 Å². The van der Waals surface area contributed by atoms with Gasteiger partial charge in [0.2, 0.25) is 0 Å². The second kappa shape index (κ2) is 6.76. The Morgan fingerprint density at radius 2 is 1.50 bits per heavy atom. The minimum absolute atomic E-state index is 0.00591. The van der Waals surface area contributed by atoms with E-state index in [1.54, 1.807) is 18.3 Å². The van der Waals surface area contributed by atoms with E-state index in [2.05, 4.69) is 15.0 Å². The van der Waals surface area contributed by atoms with Gasteiger partial charge >= 0.3 is 13.6 Å². The van der Waals surface area contributed by atoms with E-state index >= 15 is 0 Å². The van der Waals surface area contributed by atoms with Crippen molar-refractivity contribution in [3.05, 3.63) is 59.9 Å². The van der Waals surface area contributed by atoms with Crippen LogP contribution >= 0.6 is 7.60 Å². The van der Waals surface area contributed by atoms with Crippen LogP contribution in [0.3, 0.4) is 0 Å². The number of pyridine rings is 3. The van der Waals surface area contributed by atoms with Crippen LogP contribution in [0.5, 0.6) is 0 Å². The number of rotatable bonds is 4. The molecule has 0 spiro atoms. The number of hydrogen-bond donors (Lipinski definition) is 3. The summed E-state index contributed by atoms with van der Waals surface area (Å²) < 4.78 is 11.8. The minimum Gasteiger partial charge on any atom is -0.478 e. The van der Waals surface area contributed by atoms with Gasteiger partial charge in [0.25, 0.3) is 0 Å². The summed E-state index contributed by atoms with van der Waals surface area (Å²) in [7, 11) is -4.57. The van der Waals surface area contributed by atoms with Gasteiger partial charge in [-0.3, -0.25) is 14.5 Å². The van der Waals surface area contributed by atoms with Gasteiger partial charge in [-0.15, -0.1) is 0 Å². The highest BCUT2D eigenvalue weighted by molar-refractivity contribution is 7.60. The molecule has 3 rings (SSSR count). The van der Waals surface area contributed by atoms with Crippen LogP contribution in [0, 0.1) is 6.92 Å². The average molecular weight is 371 g/mol. The first-order valence-corrected chi connectivity index (χ1v) is 9.06. The number of hydrogen-bond acceptors (Lipinski definition) is 5. The molecule has 132 valence electrons. The molecular formula is C17H14N3O5P. The lowest BCUT2D eigenvalue weighted by Gasteiger charge is -2.10. The quantitative estimate of drug-likeness (QED) is 0.593.